The number of carbonyl (C=O) groups is 4. The van der Waals surface area contributed by atoms with Crippen molar-refractivity contribution >= 4 is 23.8 Å². The Bertz CT molecular complexity index is 758. The van der Waals surface area contributed by atoms with Gasteiger partial charge in [0.15, 0.2) is 0 Å². The molecule has 5 amide bonds. The Labute approximate surface area is 209 Å². The van der Waals surface area contributed by atoms with Gasteiger partial charge in [-0.3, -0.25) is 14.4 Å². The molecule has 8 N–H and O–H groups in total. The number of urea groups is 1. The van der Waals surface area contributed by atoms with Gasteiger partial charge in [-0.15, -0.1) is 0 Å². The summed E-state index contributed by atoms with van der Waals surface area (Å²) in [5.74, 6) is -1.49. The first-order chi connectivity index (χ1) is 16.6. The van der Waals surface area contributed by atoms with Crippen LogP contribution in [0.5, 0.6) is 0 Å². The summed E-state index contributed by atoms with van der Waals surface area (Å²) in [4.78, 5) is 48.5. The average Bonchev–Trinajstić information content (AvgIpc) is 2.81. The van der Waals surface area contributed by atoms with E-state index in [-0.39, 0.29) is 12.5 Å². The number of unbranched alkanes of at least 4 members (excludes halogenated alkanes) is 1. The van der Waals surface area contributed by atoms with Crippen LogP contribution in [-0.4, -0.2) is 48.9 Å². The molecule has 0 aliphatic heterocycles. The largest absolute Gasteiger partial charge is 0.368 e. The highest BCUT2D eigenvalue weighted by Gasteiger charge is 2.23. The SMILES string of the molecule is CC(C)C[C@H](NC(=O)CNC(=O)[C@H](CCCCN)NC(=O)NCc1ccccc1)C(N)=O.CCC. The molecule has 10 nitrogen and oxygen atoms in total. The fourth-order valence-electron chi connectivity index (χ4n) is 3.00. The zero-order valence-electron chi connectivity index (χ0n) is 21.6. The zero-order chi connectivity index (χ0) is 26.6. The summed E-state index contributed by atoms with van der Waals surface area (Å²) >= 11 is 0. The van der Waals surface area contributed by atoms with Gasteiger partial charge in [0.25, 0.3) is 0 Å². The van der Waals surface area contributed by atoms with Crippen LogP contribution in [0.1, 0.15) is 65.4 Å². The lowest BCUT2D eigenvalue weighted by molar-refractivity contribution is -0.129. The number of carbonyl (C=O) groups excluding carboxylic acids is 4. The maximum atomic E-state index is 12.6. The van der Waals surface area contributed by atoms with E-state index in [1.807, 2.05) is 44.2 Å². The first-order valence-corrected chi connectivity index (χ1v) is 12.3. The minimum absolute atomic E-state index is 0.160. The topological polar surface area (TPSA) is 168 Å². The summed E-state index contributed by atoms with van der Waals surface area (Å²) in [5.41, 5.74) is 11.8. The summed E-state index contributed by atoms with van der Waals surface area (Å²) in [5, 5.41) is 10.4. The minimum atomic E-state index is -0.826. The second-order valence-corrected chi connectivity index (χ2v) is 8.73. The van der Waals surface area contributed by atoms with E-state index in [0.717, 1.165) is 5.56 Å². The number of primary amides is 1. The van der Waals surface area contributed by atoms with Crippen molar-refractivity contribution in [2.75, 3.05) is 13.1 Å². The summed E-state index contributed by atoms with van der Waals surface area (Å²) in [7, 11) is 0. The molecule has 0 heterocycles. The molecule has 0 saturated heterocycles. The maximum absolute atomic E-state index is 12.6. The van der Waals surface area contributed by atoms with Gasteiger partial charge < -0.3 is 32.7 Å². The summed E-state index contributed by atoms with van der Waals surface area (Å²) in [6.45, 7) is 8.52. The van der Waals surface area contributed by atoms with Gasteiger partial charge >= 0.3 is 6.03 Å². The second-order valence-electron chi connectivity index (χ2n) is 8.73. The van der Waals surface area contributed by atoms with Crippen molar-refractivity contribution in [1.29, 1.82) is 0 Å². The van der Waals surface area contributed by atoms with Gasteiger partial charge in [0, 0.05) is 6.54 Å². The highest BCUT2D eigenvalue weighted by Crippen LogP contribution is 2.04. The van der Waals surface area contributed by atoms with E-state index in [9.17, 15) is 19.2 Å². The van der Waals surface area contributed by atoms with Gasteiger partial charge in [-0.05, 0) is 43.7 Å². The maximum Gasteiger partial charge on any atom is 0.315 e. The zero-order valence-corrected chi connectivity index (χ0v) is 21.6. The molecule has 10 heteroatoms. The number of nitrogens with two attached hydrogens (primary N) is 2. The number of rotatable bonds is 14. The smallest absolute Gasteiger partial charge is 0.315 e. The molecule has 0 unspecified atom stereocenters. The van der Waals surface area contributed by atoms with E-state index in [0.29, 0.717) is 38.8 Å². The predicted molar refractivity (Wildman–Crippen MR) is 138 cm³/mol. The fraction of sp³-hybridized carbons (Fsp3) is 0.600. The molecule has 0 aliphatic carbocycles. The van der Waals surface area contributed by atoms with Crippen LogP contribution in [0.25, 0.3) is 0 Å². The molecular formula is C25H44N6O4. The number of hydrogen-bond acceptors (Lipinski definition) is 5. The Balaban J connectivity index is 0.00000365. The van der Waals surface area contributed by atoms with Crippen molar-refractivity contribution in [3.05, 3.63) is 35.9 Å². The highest BCUT2D eigenvalue weighted by molar-refractivity contribution is 5.92. The number of amides is 5. The first kappa shape index (κ1) is 31.9. The molecule has 0 saturated carbocycles. The Hall–Kier alpha value is -3.14. The Kier molecular flexibility index (Phi) is 17.5. The van der Waals surface area contributed by atoms with Crippen LogP contribution in [0.2, 0.25) is 0 Å². The predicted octanol–water partition coefficient (Wildman–Crippen LogP) is 1.53. The molecule has 198 valence electrons. The second kappa shape index (κ2) is 19.2. The van der Waals surface area contributed by atoms with Crippen LogP contribution in [-0.2, 0) is 20.9 Å². The first-order valence-electron chi connectivity index (χ1n) is 12.3. The normalized spacial score (nSPS) is 11.9. The third-order valence-electron chi connectivity index (χ3n) is 4.67. The Morgan fingerprint density at radius 2 is 1.54 bits per heavy atom. The van der Waals surface area contributed by atoms with Crippen molar-refractivity contribution in [2.45, 2.75) is 78.4 Å². The van der Waals surface area contributed by atoms with Gasteiger partial charge in [0.1, 0.15) is 12.1 Å². The average molecular weight is 493 g/mol. The quantitative estimate of drug-likeness (QED) is 0.216. The van der Waals surface area contributed by atoms with Crippen LogP contribution in [0.15, 0.2) is 30.3 Å². The minimum Gasteiger partial charge on any atom is -0.368 e. The molecule has 0 aromatic heterocycles. The van der Waals surface area contributed by atoms with Gasteiger partial charge in [-0.1, -0.05) is 64.4 Å². The molecule has 1 aromatic carbocycles. The number of nitrogens with one attached hydrogen (secondary N) is 4. The van der Waals surface area contributed by atoms with Gasteiger partial charge in [-0.25, -0.2) is 4.79 Å². The van der Waals surface area contributed by atoms with E-state index in [2.05, 4.69) is 35.1 Å². The lowest BCUT2D eigenvalue weighted by Gasteiger charge is -2.20. The Morgan fingerprint density at radius 3 is 2.09 bits per heavy atom. The van der Waals surface area contributed by atoms with Crippen LogP contribution < -0.4 is 32.7 Å². The van der Waals surface area contributed by atoms with Crippen LogP contribution in [0.3, 0.4) is 0 Å². The number of hydrogen-bond donors (Lipinski definition) is 6. The van der Waals surface area contributed by atoms with Gasteiger partial charge in [-0.2, -0.15) is 0 Å². The third-order valence-corrected chi connectivity index (χ3v) is 4.67. The molecule has 0 radical (unpaired) electrons. The van der Waals surface area contributed by atoms with Crippen LogP contribution >= 0.6 is 0 Å². The molecule has 1 rings (SSSR count). The fourth-order valence-corrected chi connectivity index (χ4v) is 3.00. The standard InChI is InChI=1S/C22H36N6O4.C3H8/c1-15(2)12-18(20(24)30)27-19(29)14-25-21(31)17(10-6-7-11-23)28-22(32)26-13-16-8-4-3-5-9-16;1-3-2/h3-5,8-9,15,17-18H,6-7,10-14,23H2,1-2H3,(H2,24,30)(H,25,31)(H,27,29)(H2,26,28,32);3H2,1-2H3/t17-,18-;/m0./s1. The lowest BCUT2D eigenvalue weighted by atomic mass is 10.0. The molecule has 1 aromatic rings. The van der Waals surface area contributed by atoms with Crippen molar-refractivity contribution in [3.8, 4) is 0 Å². The van der Waals surface area contributed by atoms with Crippen molar-refractivity contribution < 1.29 is 19.2 Å². The van der Waals surface area contributed by atoms with Crippen LogP contribution in [0.4, 0.5) is 4.79 Å². The highest BCUT2D eigenvalue weighted by atomic mass is 16.2. The van der Waals surface area contributed by atoms with Crippen molar-refractivity contribution in [3.63, 3.8) is 0 Å². The van der Waals surface area contributed by atoms with E-state index in [1.165, 1.54) is 6.42 Å². The Morgan fingerprint density at radius 1 is 0.914 bits per heavy atom. The third kappa shape index (κ3) is 16.2. The molecule has 0 fully saturated rings. The van der Waals surface area contributed by atoms with Gasteiger partial charge in [0.05, 0.1) is 6.54 Å². The van der Waals surface area contributed by atoms with Crippen LogP contribution in [0, 0.1) is 5.92 Å². The molecule has 0 spiro atoms. The summed E-state index contributed by atoms with van der Waals surface area (Å²) < 4.78 is 0. The van der Waals surface area contributed by atoms with E-state index >= 15 is 0 Å². The van der Waals surface area contributed by atoms with Crippen molar-refractivity contribution in [1.82, 2.24) is 21.3 Å². The monoisotopic (exact) mass is 492 g/mol. The van der Waals surface area contributed by atoms with E-state index < -0.39 is 35.8 Å². The number of benzene rings is 1. The molecule has 0 bridgehead atoms. The lowest BCUT2D eigenvalue weighted by Crippen LogP contribution is -2.53. The molecule has 2 atom stereocenters. The molecule has 35 heavy (non-hydrogen) atoms. The molecular weight excluding hydrogens is 448 g/mol. The van der Waals surface area contributed by atoms with Gasteiger partial charge in [0.2, 0.25) is 17.7 Å². The van der Waals surface area contributed by atoms with E-state index in [1.54, 1.807) is 0 Å². The summed E-state index contributed by atoms with van der Waals surface area (Å²) in [6.07, 6.45) is 3.37. The summed E-state index contributed by atoms with van der Waals surface area (Å²) in [6, 6.07) is 7.25. The van der Waals surface area contributed by atoms with Crippen molar-refractivity contribution in [2.24, 2.45) is 17.4 Å². The molecule has 0 aliphatic rings. The van der Waals surface area contributed by atoms with E-state index in [4.69, 9.17) is 11.5 Å².